The first-order valence-electron chi connectivity index (χ1n) is 5.64. The first-order chi connectivity index (χ1) is 9.10. The maximum atomic E-state index is 5.16. The van der Waals surface area contributed by atoms with Gasteiger partial charge in [0.2, 0.25) is 11.8 Å². The number of halogens is 1. The van der Waals surface area contributed by atoms with Crippen LogP contribution in [0.15, 0.2) is 21.4 Å². The minimum Gasteiger partial charge on any atom is -0.374 e. The molecule has 0 aliphatic carbocycles. The Bertz CT molecular complexity index is 530. The van der Waals surface area contributed by atoms with E-state index in [1.807, 2.05) is 18.9 Å². The van der Waals surface area contributed by atoms with E-state index in [0.29, 0.717) is 24.2 Å². The molecule has 2 aromatic rings. The maximum absolute atomic E-state index is 5.16. The number of rotatable bonds is 5. The van der Waals surface area contributed by atoms with Crippen LogP contribution in [0.1, 0.15) is 24.7 Å². The molecule has 0 bridgehead atoms. The Hall–Kier alpha value is -1.54. The molecular formula is C11H14BrN5O2. The molecule has 19 heavy (non-hydrogen) atoms. The molecule has 0 aromatic carbocycles. The number of hydrogen-bond acceptors (Lipinski definition) is 7. The van der Waals surface area contributed by atoms with Gasteiger partial charge >= 0.3 is 0 Å². The zero-order valence-electron chi connectivity index (χ0n) is 10.9. The van der Waals surface area contributed by atoms with E-state index in [1.165, 1.54) is 0 Å². The normalized spacial score (nSPS) is 12.4. The topological polar surface area (TPSA) is 77.2 Å². The van der Waals surface area contributed by atoms with Gasteiger partial charge in [-0.05, 0) is 22.9 Å². The smallest absolute Gasteiger partial charge is 0.246 e. The molecule has 0 fully saturated rings. The van der Waals surface area contributed by atoms with Crippen LogP contribution in [0.3, 0.4) is 0 Å². The fourth-order valence-electron chi connectivity index (χ4n) is 1.38. The summed E-state index contributed by atoms with van der Waals surface area (Å²) in [6, 6.07) is 0. The summed E-state index contributed by atoms with van der Waals surface area (Å²) in [7, 11) is 3.45. The lowest BCUT2D eigenvalue weighted by molar-refractivity contribution is 0.109. The monoisotopic (exact) mass is 327 g/mol. The van der Waals surface area contributed by atoms with E-state index in [0.717, 1.165) is 4.47 Å². The summed E-state index contributed by atoms with van der Waals surface area (Å²) < 4.78 is 11.1. The predicted molar refractivity (Wildman–Crippen MR) is 71.6 cm³/mol. The SMILES string of the molecule is CO[C@H](C)c1noc(CN(C)c2ncc(Br)cn2)n1. The highest BCUT2D eigenvalue weighted by molar-refractivity contribution is 9.10. The molecular weight excluding hydrogens is 314 g/mol. The van der Waals surface area contributed by atoms with Crippen molar-refractivity contribution in [3.63, 3.8) is 0 Å². The van der Waals surface area contributed by atoms with Crippen LogP contribution in [0.4, 0.5) is 5.95 Å². The Kier molecular flexibility index (Phi) is 4.43. The van der Waals surface area contributed by atoms with E-state index in [1.54, 1.807) is 19.5 Å². The molecule has 2 heterocycles. The third-order valence-electron chi connectivity index (χ3n) is 2.52. The van der Waals surface area contributed by atoms with Crippen molar-refractivity contribution >= 4 is 21.9 Å². The Balaban J connectivity index is 2.04. The maximum Gasteiger partial charge on any atom is 0.246 e. The fraction of sp³-hybridized carbons (Fsp3) is 0.455. The van der Waals surface area contributed by atoms with E-state index in [9.17, 15) is 0 Å². The lowest BCUT2D eigenvalue weighted by Gasteiger charge is -2.13. The molecule has 0 N–H and O–H groups in total. The zero-order valence-corrected chi connectivity index (χ0v) is 12.5. The van der Waals surface area contributed by atoms with Crippen molar-refractivity contribution in [1.29, 1.82) is 0 Å². The second-order valence-electron chi connectivity index (χ2n) is 3.98. The largest absolute Gasteiger partial charge is 0.374 e. The minimum absolute atomic E-state index is 0.188. The van der Waals surface area contributed by atoms with Crippen LogP contribution >= 0.6 is 15.9 Å². The first-order valence-corrected chi connectivity index (χ1v) is 6.43. The van der Waals surface area contributed by atoms with Crippen LogP contribution in [-0.2, 0) is 11.3 Å². The Labute approximate surface area is 119 Å². The quantitative estimate of drug-likeness (QED) is 0.830. The van der Waals surface area contributed by atoms with E-state index in [2.05, 4.69) is 36.0 Å². The molecule has 8 heteroatoms. The summed E-state index contributed by atoms with van der Waals surface area (Å²) in [6.45, 7) is 2.29. The molecule has 0 amide bonds. The number of methoxy groups -OCH3 is 1. The van der Waals surface area contributed by atoms with E-state index >= 15 is 0 Å². The van der Waals surface area contributed by atoms with Crippen molar-refractivity contribution < 1.29 is 9.26 Å². The van der Waals surface area contributed by atoms with Gasteiger partial charge in [-0.15, -0.1) is 0 Å². The molecule has 7 nitrogen and oxygen atoms in total. The number of aromatic nitrogens is 4. The van der Waals surface area contributed by atoms with E-state index < -0.39 is 0 Å². The molecule has 0 radical (unpaired) electrons. The standard InChI is InChI=1S/C11H14BrN5O2/c1-7(18-3)10-15-9(19-16-10)6-17(2)11-13-4-8(12)5-14-11/h4-5,7H,6H2,1-3H3/t7-/m1/s1. The summed E-state index contributed by atoms with van der Waals surface area (Å²) in [5.41, 5.74) is 0. The van der Waals surface area contributed by atoms with Crippen molar-refractivity contribution in [3.8, 4) is 0 Å². The van der Waals surface area contributed by atoms with Crippen molar-refractivity contribution in [2.75, 3.05) is 19.1 Å². The van der Waals surface area contributed by atoms with Gasteiger partial charge in [-0.3, -0.25) is 0 Å². The predicted octanol–water partition coefficient (Wildman–Crippen LogP) is 1.97. The van der Waals surface area contributed by atoms with Crippen molar-refractivity contribution in [3.05, 3.63) is 28.6 Å². The van der Waals surface area contributed by atoms with Crippen molar-refractivity contribution in [1.82, 2.24) is 20.1 Å². The van der Waals surface area contributed by atoms with Gasteiger partial charge < -0.3 is 14.2 Å². The molecule has 0 spiro atoms. The van der Waals surface area contributed by atoms with Gasteiger partial charge in [0.25, 0.3) is 0 Å². The minimum atomic E-state index is -0.188. The number of hydrogen-bond donors (Lipinski definition) is 0. The molecule has 0 aliphatic heterocycles. The average Bonchev–Trinajstić information content (AvgIpc) is 2.87. The summed E-state index contributed by atoms with van der Waals surface area (Å²) in [6.07, 6.45) is 3.18. The lowest BCUT2D eigenvalue weighted by atomic mass is 10.4. The summed E-state index contributed by atoms with van der Waals surface area (Å²) in [4.78, 5) is 14.4. The molecule has 1 atom stereocenters. The third kappa shape index (κ3) is 3.48. The number of ether oxygens (including phenoxy) is 1. The second-order valence-corrected chi connectivity index (χ2v) is 4.90. The van der Waals surface area contributed by atoms with E-state index in [4.69, 9.17) is 9.26 Å². The van der Waals surface area contributed by atoms with Crippen LogP contribution in [0.2, 0.25) is 0 Å². The number of nitrogens with zero attached hydrogens (tertiary/aromatic N) is 5. The second kappa shape index (κ2) is 6.07. The van der Waals surface area contributed by atoms with E-state index in [-0.39, 0.29) is 6.10 Å². The molecule has 0 saturated carbocycles. The van der Waals surface area contributed by atoms with Gasteiger partial charge in [0, 0.05) is 26.6 Å². The summed E-state index contributed by atoms with van der Waals surface area (Å²) >= 11 is 3.29. The lowest BCUT2D eigenvalue weighted by Crippen LogP contribution is -2.19. The Morgan fingerprint density at radius 1 is 1.42 bits per heavy atom. The molecule has 102 valence electrons. The van der Waals surface area contributed by atoms with Crippen LogP contribution in [0, 0.1) is 0 Å². The molecule has 0 saturated heterocycles. The van der Waals surface area contributed by atoms with Crippen molar-refractivity contribution in [2.24, 2.45) is 0 Å². The molecule has 2 rings (SSSR count). The molecule has 0 aliphatic rings. The van der Waals surface area contributed by atoms with Crippen LogP contribution < -0.4 is 4.90 Å². The van der Waals surface area contributed by atoms with Gasteiger partial charge in [-0.2, -0.15) is 4.98 Å². The van der Waals surface area contributed by atoms with Crippen molar-refractivity contribution in [2.45, 2.75) is 19.6 Å². The number of anilines is 1. The average molecular weight is 328 g/mol. The van der Waals surface area contributed by atoms with Gasteiger partial charge in [-0.1, -0.05) is 5.16 Å². The van der Waals surface area contributed by atoms with Gasteiger partial charge in [0.15, 0.2) is 5.82 Å². The highest BCUT2D eigenvalue weighted by atomic mass is 79.9. The molecule has 0 unspecified atom stereocenters. The highest BCUT2D eigenvalue weighted by Crippen LogP contribution is 2.14. The van der Waals surface area contributed by atoms with Crippen LogP contribution in [0.25, 0.3) is 0 Å². The fourth-order valence-corrected chi connectivity index (χ4v) is 1.58. The first kappa shape index (κ1) is 13.9. The van der Waals surface area contributed by atoms with Crippen LogP contribution in [0.5, 0.6) is 0 Å². The highest BCUT2D eigenvalue weighted by Gasteiger charge is 2.15. The third-order valence-corrected chi connectivity index (χ3v) is 2.93. The molecule has 2 aromatic heterocycles. The van der Waals surface area contributed by atoms with Gasteiger partial charge in [0.05, 0.1) is 11.0 Å². The Morgan fingerprint density at radius 2 is 2.11 bits per heavy atom. The van der Waals surface area contributed by atoms with Gasteiger partial charge in [0.1, 0.15) is 6.10 Å². The summed E-state index contributed by atoms with van der Waals surface area (Å²) in [5.74, 6) is 1.61. The van der Waals surface area contributed by atoms with Gasteiger partial charge in [-0.25, -0.2) is 9.97 Å². The zero-order chi connectivity index (χ0) is 13.8. The van der Waals surface area contributed by atoms with Crippen LogP contribution in [-0.4, -0.2) is 34.3 Å². The summed E-state index contributed by atoms with van der Waals surface area (Å²) in [5, 5.41) is 3.86. The Morgan fingerprint density at radius 3 is 2.74 bits per heavy atom.